The van der Waals surface area contributed by atoms with E-state index in [9.17, 15) is 0 Å². The number of nitrogens with zero attached hydrogens (tertiary/aromatic N) is 2. The Hall–Kier alpha value is -1.62. The smallest absolute Gasteiger partial charge is 0.139 e. The van der Waals surface area contributed by atoms with E-state index in [0.29, 0.717) is 6.42 Å². The van der Waals surface area contributed by atoms with Gasteiger partial charge in [0, 0.05) is 24.9 Å². The molecule has 1 unspecified atom stereocenters. The molecule has 0 aliphatic carbocycles. The van der Waals surface area contributed by atoms with Gasteiger partial charge in [0.05, 0.1) is 0 Å². The lowest BCUT2D eigenvalue weighted by Gasteiger charge is -2.13. The van der Waals surface area contributed by atoms with Gasteiger partial charge in [-0.05, 0) is 31.5 Å². The first-order valence-electron chi connectivity index (χ1n) is 5.33. The Morgan fingerprint density at radius 1 is 1.69 bits per heavy atom. The molecule has 0 radical (unpaired) electrons. The molecule has 1 heterocycles. The molecular weight excluding hydrogens is 204 g/mol. The first-order chi connectivity index (χ1) is 7.74. The fourth-order valence-corrected chi connectivity index (χ4v) is 1.39. The van der Waals surface area contributed by atoms with Gasteiger partial charge in [0.15, 0.2) is 0 Å². The van der Waals surface area contributed by atoms with Gasteiger partial charge in [0.1, 0.15) is 5.84 Å². The molecule has 5 nitrogen and oxygen atoms in total. The molecule has 1 rings (SSSR count). The van der Waals surface area contributed by atoms with Crippen LogP contribution >= 0.6 is 0 Å². The van der Waals surface area contributed by atoms with Crippen molar-refractivity contribution in [2.75, 3.05) is 6.54 Å². The molecule has 1 aromatic heterocycles. The minimum atomic E-state index is 0.265. The molecular formula is C11H18N4O. The van der Waals surface area contributed by atoms with Gasteiger partial charge in [-0.3, -0.25) is 4.98 Å². The summed E-state index contributed by atoms with van der Waals surface area (Å²) in [6.07, 6.45) is 5.06. The van der Waals surface area contributed by atoms with Gasteiger partial charge in [-0.2, -0.15) is 0 Å². The summed E-state index contributed by atoms with van der Waals surface area (Å²) in [6, 6.07) is 4.22. The highest BCUT2D eigenvalue weighted by molar-refractivity contribution is 5.79. The first-order valence-corrected chi connectivity index (χ1v) is 5.33. The van der Waals surface area contributed by atoms with E-state index in [-0.39, 0.29) is 11.9 Å². The third-order valence-electron chi connectivity index (χ3n) is 2.37. The van der Waals surface area contributed by atoms with Gasteiger partial charge in [0.25, 0.3) is 0 Å². The van der Waals surface area contributed by atoms with Crippen molar-refractivity contribution in [3.8, 4) is 0 Å². The zero-order valence-electron chi connectivity index (χ0n) is 9.43. The maximum Gasteiger partial charge on any atom is 0.139 e. The minimum absolute atomic E-state index is 0.265. The summed E-state index contributed by atoms with van der Waals surface area (Å²) in [6.45, 7) is 2.91. The minimum Gasteiger partial charge on any atom is -0.409 e. The highest BCUT2D eigenvalue weighted by Crippen LogP contribution is 2.09. The van der Waals surface area contributed by atoms with Crippen LogP contribution in [0.25, 0.3) is 0 Å². The number of rotatable bonds is 6. The average molecular weight is 222 g/mol. The van der Waals surface area contributed by atoms with Crippen molar-refractivity contribution in [2.24, 2.45) is 10.9 Å². The molecule has 0 aliphatic rings. The molecule has 1 atom stereocenters. The van der Waals surface area contributed by atoms with Crippen LogP contribution in [0.3, 0.4) is 0 Å². The van der Waals surface area contributed by atoms with Gasteiger partial charge in [-0.15, -0.1) is 0 Å². The van der Waals surface area contributed by atoms with E-state index < -0.39 is 0 Å². The second-order valence-corrected chi connectivity index (χ2v) is 3.66. The number of nitrogens with two attached hydrogens (primary N) is 1. The quantitative estimate of drug-likeness (QED) is 0.222. The van der Waals surface area contributed by atoms with Crippen molar-refractivity contribution in [3.63, 3.8) is 0 Å². The third-order valence-corrected chi connectivity index (χ3v) is 2.37. The van der Waals surface area contributed by atoms with Gasteiger partial charge < -0.3 is 16.3 Å². The van der Waals surface area contributed by atoms with Crippen LogP contribution in [0.2, 0.25) is 0 Å². The zero-order chi connectivity index (χ0) is 11.8. The number of nitrogens with one attached hydrogen (secondary N) is 1. The van der Waals surface area contributed by atoms with Crippen LogP contribution in [0.5, 0.6) is 0 Å². The second kappa shape index (κ2) is 6.79. The first kappa shape index (κ1) is 12.4. The van der Waals surface area contributed by atoms with E-state index in [4.69, 9.17) is 10.9 Å². The Morgan fingerprint density at radius 3 is 3.12 bits per heavy atom. The monoisotopic (exact) mass is 222 g/mol. The van der Waals surface area contributed by atoms with Gasteiger partial charge in [-0.1, -0.05) is 11.2 Å². The summed E-state index contributed by atoms with van der Waals surface area (Å²) in [7, 11) is 0. The maximum absolute atomic E-state index is 8.36. The van der Waals surface area contributed by atoms with Crippen molar-refractivity contribution in [1.82, 2.24) is 10.3 Å². The standard InChI is InChI=1S/C11H18N4O/c1-9(10-4-2-6-13-8-10)14-7-3-5-11(12)15-16/h2,4,6,8-9,14,16H,3,5,7H2,1H3,(H2,12,15). The largest absolute Gasteiger partial charge is 0.409 e. The zero-order valence-corrected chi connectivity index (χ0v) is 9.43. The van der Waals surface area contributed by atoms with Gasteiger partial charge >= 0.3 is 0 Å². The lowest BCUT2D eigenvalue weighted by atomic mass is 10.1. The molecule has 0 aromatic carbocycles. The number of pyridine rings is 1. The molecule has 16 heavy (non-hydrogen) atoms. The van der Waals surface area contributed by atoms with Crippen LogP contribution in [-0.2, 0) is 0 Å². The average Bonchev–Trinajstić information content (AvgIpc) is 2.35. The SMILES string of the molecule is CC(NCCCC(N)=NO)c1cccnc1. The van der Waals surface area contributed by atoms with Crippen LogP contribution < -0.4 is 11.1 Å². The molecule has 0 aliphatic heterocycles. The van der Waals surface area contributed by atoms with E-state index in [1.54, 1.807) is 6.20 Å². The highest BCUT2D eigenvalue weighted by atomic mass is 16.4. The Labute approximate surface area is 95.4 Å². The van der Waals surface area contributed by atoms with E-state index >= 15 is 0 Å². The molecule has 0 spiro atoms. The molecule has 0 saturated heterocycles. The summed E-state index contributed by atoms with van der Waals surface area (Å²) in [5.74, 6) is 0.274. The Morgan fingerprint density at radius 2 is 2.50 bits per heavy atom. The number of amidine groups is 1. The molecule has 0 amide bonds. The Balaban J connectivity index is 2.23. The van der Waals surface area contributed by atoms with Gasteiger partial charge in [0.2, 0.25) is 0 Å². The van der Waals surface area contributed by atoms with Crippen LogP contribution in [0, 0.1) is 0 Å². The Bertz CT molecular complexity index is 326. The lowest BCUT2D eigenvalue weighted by molar-refractivity contribution is 0.316. The third kappa shape index (κ3) is 4.27. The van der Waals surface area contributed by atoms with E-state index in [1.165, 1.54) is 0 Å². The van der Waals surface area contributed by atoms with Crippen molar-refractivity contribution in [2.45, 2.75) is 25.8 Å². The number of aromatic nitrogens is 1. The van der Waals surface area contributed by atoms with Crippen molar-refractivity contribution < 1.29 is 5.21 Å². The van der Waals surface area contributed by atoms with Crippen LogP contribution in [-0.4, -0.2) is 22.6 Å². The summed E-state index contributed by atoms with van der Waals surface area (Å²) < 4.78 is 0. The molecule has 4 N–H and O–H groups in total. The number of hydrogen-bond donors (Lipinski definition) is 3. The van der Waals surface area contributed by atoms with E-state index in [0.717, 1.165) is 18.5 Å². The predicted molar refractivity (Wildman–Crippen MR) is 63.3 cm³/mol. The summed E-state index contributed by atoms with van der Waals surface area (Å²) in [5.41, 5.74) is 6.52. The highest BCUT2D eigenvalue weighted by Gasteiger charge is 2.03. The number of hydrogen-bond acceptors (Lipinski definition) is 4. The molecule has 0 saturated carbocycles. The van der Waals surface area contributed by atoms with Crippen molar-refractivity contribution in [3.05, 3.63) is 30.1 Å². The van der Waals surface area contributed by atoms with Crippen LogP contribution in [0.15, 0.2) is 29.7 Å². The summed E-state index contributed by atoms with van der Waals surface area (Å²) >= 11 is 0. The predicted octanol–water partition coefficient (Wildman–Crippen LogP) is 1.26. The molecule has 5 heteroatoms. The topological polar surface area (TPSA) is 83.5 Å². The lowest BCUT2D eigenvalue weighted by Crippen LogP contribution is -2.21. The normalized spacial score (nSPS) is 13.7. The molecule has 0 bridgehead atoms. The number of oxime groups is 1. The molecule has 0 fully saturated rings. The molecule has 88 valence electrons. The van der Waals surface area contributed by atoms with Crippen LogP contribution in [0.1, 0.15) is 31.4 Å². The Kier molecular flexibility index (Phi) is 5.28. The summed E-state index contributed by atoms with van der Waals surface area (Å²) in [5, 5.41) is 14.6. The van der Waals surface area contributed by atoms with E-state index in [1.807, 2.05) is 18.3 Å². The molecule has 1 aromatic rings. The van der Waals surface area contributed by atoms with Crippen molar-refractivity contribution >= 4 is 5.84 Å². The van der Waals surface area contributed by atoms with Crippen molar-refractivity contribution in [1.29, 1.82) is 0 Å². The summed E-state index contributed by atoms with van der Waals surface area (Å²) in [4.78, 5) is 4.06. The fraction of sp³-hybridized carbons (Fsp3) is 0.455. The van der Waals surface area contributed by atoms with Crippen LogP contribution in [0.4, 0.5) is 0 Å². The van der Waals surface area contributed by atoms with E-state index in [2.05, 4.69) is 22.4 Å². The fourth-order valence-electron chi connectivity index (χ4n) is 1.39. The second-order valence-electron chi connectivity index (χ2n) is 3.66. The maximum atomic E-state index is 8.36. The van der Waals surface area contributed by atoms with Gasteiger partial charge in [-0.25, -0.2) is 0 Å².